The monoisotopic (exact) mass is 453 g/mol. The number of aromatic nitrogens is 2. The topological polar surface area (TPSA) is 71.0 Å². The maximum absolute atomic E-state index is 12.8. The van der Waals surface area contributed by atoms with E-state index in [0.717, 1.165) is 28.8 Å². The second-order valence-corrected chi connectivity index (χ2v) is 7.43. The average Bonchev–Trinajstić information content (AvgIpc) is 3.21. The number of halogens is 3. The summed E-state index contributed by atoms with van der Waals surface area (Å²) in [5.41, 5.74) is 3.59. The maximum atomic E-state index is 12.8. The number of alkyl halides is 3. The van der Waals surface area contributed by atoms with Crippen molar-refractivity contribution >= 4 is 17.6 Å². The Balaban J connectivity index is 1.36. The van der Waals surface area contributed by atoms with Gasteiger partial charge < -0.3 is 5.32 Å². The molecule has 0 radical (unpaired) electrons. The molecule has 0 fully saturated rings. The molecule has 4 aromatic rings. The van der Waals surface area contributed by atoms with Crippen molar-refractivity contribution in [3.63, 3.8) is 0 Å². The normalized spacial score (nSPS) is 11.3. The van der Waals surface area contributed by atoms with Crippen LogP contribution >= 0.6 is 0 Å². The van der Waals surface area contributed by atoms with Gasteiger partial charge in [-0.15, -0.1) is 0 Å². The summed E-state index contributed by atoms with van der Waals surface area (Å²) in [6, 6.07) is 19.7. The third-order valence-electron chi connectivity index (χ3n) is 4.95. The number of nitrogens with zero attached hydrogens (tertiary/aromatic N) is 2. The molecule has 33 heavy (non-hydrogen) atoms. The number of amides is 2. The molecule has 3 aromatic carbocycles. The number of aryl methyl sites for hydroxylation is 1. The smallest absolute Gasteiger partial charge is 0.308 e. The molecule has 0 aliphatic rings. The van der Waals surface area contributed by atoms with E-state index in [4.69, 9.17) is 4.52 Å². The number of hydrogen-bond acceptors (Lipinski definition) is 3. The van der Waals surface area contributed by atoms with E-state index in [2.05, 4.69) is 35.0 Å². The van der Waals surface area contributed by atoms with Gasteiger partial charge in [0, 0.05) is 11.3 Å². The molecular weight excluding hydrogens is 433 g/mol. The number of carbonyl (C=O) groups excluding carboxylic acids is 1. The van der Waals surface area contributed by atoms with Crippen molar-refractivity contribution in [1.82, 2.24) is 5.27 Å². The van der Waals surface area contributed by atoms with E-state index < -0.39 is 17.8 Å². The largest absolute Gasteiger partial charge is 0.416 e. The first kappa shape index (κ1) is 22.1. The number of benzene rings is 3. The zero-order valence-corrected chi connectivity index (χ0v) is 17.6. The highest BCUT2D eigenvalue weighted by atomic mass is 19.4. The van der Waals surface area contributed by atoms with E-state index in [1.807, 2.05) is 36.4 Å². The Bertz CT molecular complexity index is 1270. The summed E-state index contributed by atoms with van der Waals surface area (Å²) in [7, 11) is 0. The Morgan fingerprint density at radius 1 is 1.00 bits per heavy atom. The average molecular weight is 453 g/mol. The molecule has 168 valence electrons. The molecule has 9 heteroatoms. The van der Waals surface area contributed by atoms with Gasteiger partial charge in [-0.3, -0.25) is 9.84 Å². The van der Waals surface area contributed by atoms with Crippen LogP contribution in [0, 0.1) is 6.92 Å². The predicted octanol–water partition coefficient (Wildman–Crippen LogP) is 5.65. The maximum Gasteiger partial charge on any atom is 0.416 e. The second-order valence-electron chi connectivity index (χ2n) is 7.43. The molecule has 1 heterocycles. The third kappa shape index (κ3) is 5.57. The molecule has 2 amide bonds. The molecule has 1 aromatic heterocycles. The zero-order chi connectivity index (χ0) is 23.4. The van der Waals surface area contributed by atoms with Gasteiger partial charge in [0.1, 0.15) is 0 Å². The van der Waals surface area contributed by atoms with Gasteiger partial charge in [0.05, 0.1) is 5.56 Å². The zero-order valence-electron chi connectivity index (χ0n) is 17.6. The number of urea groups is 1. The molecule has 6 nitrogen and oxygen atoms in total. The number of nitrogens with one attached hydrogen (secondary N) is 2. The first-order chi connectivity index (χ1) is 15.8. The van der Waals surface area contributed by atoms with Crippen LogP contribution in [0.5, 0.6) is 0 Å². The Labute approximate surface area is 187 Å². The third-order valence-corrected chi connectivity index (χ3v) is 4.95. The molecule has 0 saturated heterocycles. The van der Waals surface area contributed by atoms with Crippen LogP contribution in [0.1, 0.15) is 16.7 Å². The van der Waals surface area contributed by atoms with Crippen LogP contribution in [0.3, 0.4) is 0 Å². The van der Waals surface area contributed by atoms with Gasteiger partial charge in [0.15, 0.2) is 0 Å². The van der Waals surface area contributed by atoms with Gasteiger partial charge >= 0.3 is 18.1 Å². The predicted molar refractivity (Wildman–Crippen MR) is 117 cm³/mol. The fourth-order valence-electron chi connectivity index (χ4n) is 3.33. The van der Waals surface area contributed by atoms with Gasteiger partial charge in [-0.25, -0.2) is 4.79 Å². The fourth-order valence-corrected chi connectivity index (χ4v) is 3.33. The highest BCUT2D eigenvalue weighted by Crippen LogP contribution is 2.30. The SMILES string of the molecule is Cc1ccccc1-c1ccc(C[n+]2cc(NC(=O)Nc3cccc(C(F)(F)F)c3)on2)cc1. The van der Waals surface area contributed by atoms with E-state index >= 15 is 0 Å². The Morgan fingerprint density at radius 2 is 1.76 bits per heavy atom. The molecule has 0 spiro atoms. The minimum atomic E-state index is -4.50. The molecule has 0 aliphatic carbocycles. The molecule has 0 aliphatic heterocycles. The van der Waals surface area contributed by atoms with Crippen LogP contribution in [-0.2, 0) is 12.7 Å². The summed E-state index contributed by atoms with van der Waals surface area (Å²) in [6.45, 7) is 2.47. The summed E-state index contributed by atoms with van der Waals surface area (Å²) in [6.07, 6.45) is -3.01. The lowest BCUT2D eigenvalue weighted by Crippen LogP contribution is -2.35. The first-order valence-corrected chi connectivity index (χ1v) is 10.0. The van der Waals surface area contributed by atoms with Crippen molar-refractivity contribution in [2.75, 3.05) is 10.6 Å². The van der Waals surface area contributed by atoms with Crippen molar-refractivity contribution in [2.45, 2.75) is 19.6 Å². The lowest BCUT2D eigenvalue weighted by Gasteiger charge is -2.09. The van der Waals surface area contributed by atoms with E-state index in [9.17, 15) is 18.0 Å². The quantitative estimate of drug-likeness (QED) is 0.384. The summed E-state index contributed by atoms with van der Waals surface area (Å²) in [5, 5.41) is 8.61. The lowest BCUT2D eigenvalue weighted by atomic mass is 10.00. The number of hydrogen-bond donors (Lipinski definition) is 2. The standard InChI is InChI=1S/C24H19F3N4O2/c1-16-5-2-3-8-21(16)18-11-9-17(10-12-18)14-31-15-22(33-30-31)29-23(32)28-20-7-4-6-19(13-20)24(25,26)27/h2-13,15H,14H2,1H3,(H-,28,29,30,32)/p+1. The highest BCUT2D eigenvalue weighted by Gasteiger charge is 2.30. The lowest BCUT2D eigenvalue weighted by molar-refractivity contribution is -0.754. The molecule has 2 N–H and O–H groups in total. The number of anilines is 2. The molecule has 0 unspecified atom stereocenters. The van der Waals surface area contributed by atoms with Crippen molar-refractivity contribution in [3.8, 4) is 11.1 Å². The van der Waals surface area contributed by atoms with E-state index in [-0.39, 0.29) is 11.6 Å². The summed E-state index contributed by atoms with van der Waals surface area (Å²) in [4.78, 5) is 12.1. The Morgan fingerprint density at radius 3 is 2.48 bits per heavy atom. The van der Waals surface area contributed by atoms with Gasteiger partial charge in [0.25, 0.3) is 6.20 Å². The van der Waals surface area contributed by atoms with Crippen LogP contribution in [0.25, 0.3) is 11.1 Å². The van der Waals surface area contributed by atoms with Gasteiger partial charge in [-0.2, -0.15) is 13.2 Å². The first-order valence-electron chi connectivity index (χ1n) is 10.0. The Kier molecular flexibility index (Phi) is 6.12. The number of carbonyl (C=O) groups is 1. The molecule has 0 atom stereocenters. The van der Waals surface area contributed by atoms with Gasteiger partial charge in [0.2, 0.25) is 11.8 Å². The van der Waals surface area contributed by atoms with Gasteiger partial charge in [-0.1, -0.05) is 54.6 Å². The minimum Gasteiger partial charge on any atom is -0.308 e. The van der Waals surface area contributed by atoms with Crippen LogP contribution in [0.15, 0.2) is 83.5 Å². The van der Waals surface area contributed by atoms with Gasteiger partial charge in [-0.05, 0) is 46.5 Å². The van der Waals surface area contributed by atoms with Crippen molar-refractivity contribution in [1.29, 1.82) is 0 Å². The fraction of sp³-hybridized carbons (Fsp3) is 0.125. The molecule has 0 saturated carbocycles. The summed E-state index contributed by atoms with van der Waals surface area (Å²) in [5.74, 6) is 0.0519. The van der Waals surface area contributed by atoms with E-state index in [0.29, 0.717) is 6.54 Å². The van der Waals surface area contributed by atoms with Crippen molar-refractivity contribution < 1.29 is 27.2 Å². The summed E-state index contributed by atoms with van der Waals surface area (Å²) < 4.78 is 45.0. The van der Waals surface area contributed by atoms with Crippen LogP contribution in [0.4, 0.5) is 29.5 Å². The number of rotatable bonds is 5. The minimum absolute atomic E-state index is 0.00320. The molecule has 0 bridgehead atoms. The van der Waals surface area contributed by atoms with Crippen LogP contribution in [0.2, 0.25) is 0 Å². The van der Waals surface area contributed by atoms with E-state index in [1.54, 1.807) is 0 Å². The molecular formula is C24H20F3N4O2+. The van der Waals surface area contributed by atoms with Crippen LogP contribution < -0.4 is 15.3 Å². The summed E-state index contributed by atoms with van der Waals surface area (Å²) >= 11 is 0. The molecule has 4 rings (SSSR count). The van der Waals surface area contributed by atoms with Crippen molar-refractivity contribution in [3.05, 3.63) is 95.7 Å². The van der Waals surface area contributed by atoms with Crippen LogP contribution in [-0.4, -0.2) is 11.3 Å². The Hall–Kier alpha value is -4.14. The highest BCUT2D eigenvalue weighted by molar-refractivity contribution is 5.98. The van der Waals surface area contributed by atoms with E-state index in [1.165, 1.54) is 28.6 Å². The second kappa shape index (κ2) is 9.15. The van der Waals surface area contributed by atoms with Crippen molar-refractivity contribution in [2.24, 2.45) is 0 Å².